The van der Waals surface area contributed by atoms with Crippen LogP contribution in [0.2, 0.25) is 5.02 Å². The normalized spacial score (nSPS) is 11.1. The number of rotatable bonds is 7. The van der Waals surface area contributed by atoms with Crippen molar-refractivity contribution in [2.45, 2.75) is 6.92 Å². The minimum absolute atomic E-state index is 0.0268. The average molecular weight is 444 g/mol. The smallest absolute Gasteiger partial charge is 0.273 e. The first-order valence-corrected chi connectivity index (χ1v) is 9.52. The molecule has 0 bridgehead atoms. The number of aromatic nitrogens is 1. The Kier molecular flexibility index (Phi) is 7.04. The maximum Gasteiger partial charge on any atom is 0.273 e. The Morgan fingerprint density at radius 2 is 1.81 bits per heavy atom. The van der Waals surface area contributed by atoms with Gasteiger partial charge in [-0.1, -0.05) is 35.0 Å². The molecule has 0 fully saturated rings. The SMILES string of the molecule is CNC(=O)/C(=N\OC)c1ccccc1Oc1ccnc(Oc2cccc(Cl)c2C)c1F. The fraction of sp³-hybridized carbons (Fsp3) is 0.136. The second-order valence-corrected chi connectivity index (χ2v) is 6.60. The third-order valence-electron chi connectivity index (χ3n) is 4.23. The van der Waals surface area contributed by atoms with Crippen molar-refractivity contribution in [3.05, 3.63) is 76.7 Å². The number of likely N-dealkylation sites (N-methyl/N-ethyl adjacent to an activating group) is 1. The third kappa shape index (κ3) is 4.92. The highest BCUT2D eigenvalue weighted by Gasteiger charge is 2.21. The number of para-hydroxylation sites is 1. The molecule has 1 aromatic heterocycles. The maximum atomic E-state index is 15.1. The molecule has 1 heterocycles. The van der Waals surface area contributed by atoms with Crippen LogP contribution in [-0.2, 0) is 9.63 Å². The van der Waals surface area contributed by atoms with Gasteiger partial charge in [0.25, 0.3) is 11.8 Å². The van der Waals surface area contributed by atoms with Gasteiger partial charge in [0, 0.05) is 29.9 Å². The summed E-state index contributed by atoms with van der Waals surface area (Å²) >= 11 is 6.10. The monoisotopic (exact) mass is 443 g/mol. The molecule has 3 rings (SSSR count). The second-order valence-electron chi connectivity index (χ2n) is 6.19. The van der Waals surface area contributed by atoms with Crippen LogP contribution in [0.25, 0.3) is 0 Å². The minimum atomic E-state index is -0.818. The Balaban J connectivity index is 1.96. The molecule has 0 aliphatic carbocycles. The van der Waals surface area contributed by atoms with Crippen LogP contribution in [-0.4, -0.2) is 30.8 Å². The topological polar surface area (TPSA) is 82.0 Å². The molecule has 0 aliphatic heterocycles. The maximum absolute atomic E-state index is 15.1. The van der Waals surface area contributed by atoms with Crippen LogP contribution in [0.15, 0.2) is 59.9 Å². The van der Waals surface area contributed by atoms with Crippen molar-refractivity contribution < 1.29 is 23.5 Å². The van der Waals surface area contributed by atoms with Gasteiger partial charge < -0.3 is 19.6 Å². The highest BCUT2D eigenvalue weighted by molar-refractivity contribution is 6.45. The molecule has 1 N–H and O–H groups in total. The molecule has 1 amide bonds. The number of nitrogens with one attached hydrogen (secondary N) is 1. The van der Waals surface area contributed by atoms with Crippen molar-refractivity contribution in [3.63, 3.8) is 0 Å². The van der Waals surface area contributed by atoms with Gasteiger partial charge in [0.15, 0.2) is 11.5 Å². The van der Waals surface area contributed by atoms with E-state index in [4.69, 9.17) is 25.9 Å². The van der Waals surface area contributed by atoms with E-state index in [9.17, 15) is 4.79 Å². The van der Waals surface area contributed by atoms with E-state index in [-0.39, 0.29) is 23.1 Å². The average Bonchev–Trinajstić information content (AvgIpc) is 2.78. The predicted molar refractivity (Wildman–Crippen MR) is 115 cm³/mol. The summed E-state index contributed by atoms with van der Waals surface area (Å²) in [5, 5.41) is 6.72. The molecule has 7 nitrogen and oxygen atoms in total. The Morgan fingerprint density at radius 1 is 1.06 bits per heavy atom. The summed E-state index contributed by atoms with van der Waals surface area (Å²) in [6.45, 7) is 1.75. The third-order valence-corrected chi connectivity index (χ3v) is 4.64. The Bertz CT molecular complexity index is 1140. The van der Waals surface area contributed by atoms with E-state index >= 15 is 4.39 Å². The molecule has 0 aliphatic rings. The molecule has 0 radical (unpaired) electrons. The number of halogens is 2. The lowest BCUT2D eigenvalue weighted by Crippen LogP contribution is -2.28. The molecule has 0 saturated heterocycles. The van der Waals surface area contributed by atoms with E-state index in [0.29, 0.717) is 21.9 Å². The number of ether oxygens (including phenoxy) is 2. The number of pyridine rings is 1. The number of benzene rings is 2. The highest BCUT2D eigenvalue weighted by atomic mass is 35.5. The van der Waals surface area contributed by atoms with Gasteiger partial charge in [-0.05, 0) is 31.2 Å². The van der Waals surface area contributed by atoms with Gasteiger partial charge >= 0.3 is 0 Å². The summed E-state index contributed by atoms with van der Waals surface area (Å²) in [6.07, 6.45) is 1.35. The minimum Gasteiger partial charge on any atom is -0.453 e. The van der Waals surface area contributed by atoms with E-state index in [2.05, 4.69) is 15.5 Å². The molecule has 160 valence electrons. The lowest BCUT2D eigenvalue weighted by molar-refractivity contribution is -0.114. The molecule has 0 spiro atoms. The van der Waals surface area contributed by atoms with E-state index in [1.807, 2.05) is 0 Å². The lowest BCUT2D eigenvalue weighted by Gasteiger charge is -2.14. The fourth-order valence-corrected chi connectivity index (χ4v) is 2.82. The van der Waals surface area contributed by atoms with E-state index in [0.717, 1.165) is 0 Å². The Morgan fingerprint density at radius 3 is 2.55 bits per heavy atom. The number of carbonyl (C=O) groups excluding carboxylic acids is 1. The second kappa shape index (κ2) is 9.90. The molecule has 0 atom stereocenters. The first kappa shape index (κ1) is 22.0. The zero-order valence-corrected chi connectivity index (χ0v) is 17.7. The Labute approximate surface area is 183 Å². The summed E-state index contributed by atoms with van der Waals surface area (Å²) in [5.74, 6) is -1.18. The van der Waals surface area contributed by atoms with Crippen LogP contribution in [0.3, 0.4) is 0 Å². The van der Waals surface area contributed by atoms with Gasteiger partial charge in [-0.2, -0.15) is 4.39 Å². The quantitative estimate of drug-likeness (QED) is 0.416. The van der Waals surface area contributed by atoms with Crippen LogP contribution in [0.5, 0.6) is 23.1 Å². The van der Waals surface area contributed by atoms with Gasteiger partial charge in [-0.15, -0.1) is 0 Å². The molecule has 0 saturated carbocycles. The predicted octanol–water partition coefficient (Wildman–Crippen LogP) is 4.86. The number of amides is 1. The van der Waals surface area contributed by atoms with E-state index < -0.39 is 11.7 Å². The zero-order valence-electron chi connectivity index (χ0n) is 17.0. The van der Waals surface area contributed by atoms with Crippen molar-refractivity contribution in [1.29, 1.82) is 0 Å². The van der Waals surface area contributed by atoms with Crippen LogP contribution < -0.4 is 14.8 Å². The molecule has 2 aromatic carbocycles. The highest BCUT2D eigenvalue weighted by Crippen LogP contribution is 2.34. The molecular weight excluding hydrogens is 425 g/mol. The van der Waals surface area contributed by atoms with E-state index in [1.54, 1.807) is 49.4 Å². The summed E-state index contributed by atoms with van der Waals surface area (Å²) in [5.41, 5.74) is 0.933. The Hall–Kier alpha value is -3.65. The summed E-state index contributed by atoms with van der Waals surface area (Å²) < 4.78 is 26.5. The van der Waals surface area contributed by atoms with Gasteiger partial charge in [0.2, 0.25) is 5.82 Å². The lowest BCUT2D eigenvalue weighted by atomic mass is 10.1. The molecule has 31 heavy (non-hydrogen) atoms. The van der Waals surface area contributed by atoms with Gasteiger partial charge in [-0.25, -0.2) is 4.98 Å². The first-order chi connectivity index (χ1) is 15.0. The van der Waals surface area contributed by atoms with Crippen molar-refractivity contribution in [1.82, 2.24) is 10.3 Å². The number of nitrogens with zero attached hydrogens (tertiary/aromatic N) is 2. The summed E-state index contributed by atoms with van der Waals surface area (Å²) in [6, 6.07) is 12.9. The molecule has 9 heteroatoms. The standard InChI is InChI=1S/C22H19ClFN3O4/c1-13-15(23)8-6-10-16(13)31-22-19(24)18(11-12-26-22)30-17-9-5-4-7-14(17)20(27-29-3)21(28)25-2/h4-12H,1-3H3,(H,25,28)/b27-20-. The molecular formula is C22H19ClFN3O4. The van der Waals surface area contributed by atoms with Gasteiger partial charge in [0.1, 0.15) is 18.6 Å². The van der Waals surface area contributed by atoms with Crippen LogP contribution in [0, 0.1) is 12.7 Å². The van der Waals surface area contributed by atoms with Crippen LogP contribution >= 0.6 is 11.6 Å². The molecule has 0 unspecified atom stereocenters. The number of carbonyl (C=O) groups is 1. The number of hydrogen-bond donors (Lipinski definition) is 1. The van der Waals surface area contributed by atoms with Gasteiger partial charge in [-0.3, -0.25) is 4.79 Å². The van der Waals surface area contributed by atoms with Crippen molar-refractivity contribution in [2.75, 3.05) is 14.2 Å². The zero-order chi connectivity index (χ0) is 22.4. The summed E-state index contributed by atoms with van der Waals surface area (Å²) in [4.78, 5) is 20.9. The van der Waals surface area contributed by atoms with Crippen molar-refractivity contribution in [3.8, 4) is 23.1 Å². The van der Waals surface area contributed by atoms with Gasteiger partial charge in [0.05, 0.1) is 5.56 Å². The van der Waals surface area contributed by atoms with Crippen LogP contribution in [0.1, 0.15) is 11.1 Å². The molecule has 3 aromatic rings. The number of hydrogen-bond acceptors (Lipinski definition) is 6. The largest absolute Gasteiger partial charge is 0.453 e. The fourth-order valence-electron chi connectivity index (χ4n) is 2.65. The van der Waals surface area contributed by atoms with E-state index in [1.165, 1.54) is 26.4 Å². The summed E-state index contributed by atoms with van der Waals surface area (Å²) in [7, 11) is 2.78. The van der Waals surface area contributed by atoms with Crippen LogP contribution in [0.4, 0.5) is 4.39 Å². The van der Waals surface area contributed by atoms with Crippen molar-refractivity contribution >= 4 is 23.2 Å². The first-order valence-electron chi connectivity index (χ1n) is 9.14. The number of oxime groups is 1. The van der Waals surface area contributed by atoms with Crippen molar-refractivity contribution in [2.24, 2.45) is 5.16 Å².